The number of carbonyl (C=O) groups is 1. The molecule has 0 fully saturated rings. The number of benzene rings is 2. The van der Waals surface area contributed by atoms with Gasteiger partial charge in [-0.1, -0.05) is 54.5 Å². The quantitative estimate of drug-likeness (QED) is 0.725. The Kier molecular flexibility index (Phi) is 3.52. The Hall–Kier alpha value is -2.49. The van der Waals surface area contributed by atoms with Crippen LogP contribution in [0.1, 0.15) is 32.1 Å². The fourth-order valence-electron chi connectivity index (χ4n) is 2.54. The number of nitrogens with zero attached hydrogens (tertiary/aromatic N) is 2. The summed E-state index contributed by atoms with van der Waals surface area (Å²) in [4.78, 5) is 16.0. The summed E-state index contributed by atoms with van der Waals surface area (Å²) in [6.07, 6.45) is 0.659. The van der Waals surface area contributed by atoms with Crippen molar-refractivity contribution in [2.45, 2.75) is 26.2 Å². The maximum atomic E-state index is 11.6. The second-order valence-electron chi connectivity index (χ2n) is 5.05. The molecule has 0 N–H and O–H groups in total. The van der Waals surface area contributed by atoms with Crippen LogP contribution in [0.4, 0.5) is 0 Å². The third kappa shape index (κ3) is 2.44. The zero-order chi connectivity index (χ0) is 14.8. The first kappa shape index (κ1) is 13.5. The molecular weight excluding hydrogens is 264 g/mol. The molecule has 21 heavy (non-hydrogen) atoms. The Morgan fingerprint density at radius 2 is 1.95 bits per heavy atom. The summed E-state index contributed by atoms with van der Waals surface area (Å²) >= 11 is 0. The van der Waals surface area contributed by atoms with E-state index in [4.69, 9.17) is 4.52 Å². The van der Waals surface area contributed by atoms with Crippen molar-refractivity contribution in [3.05, 3.63) is 48.4 Å². The normalized spacial score (nSPS) is 12.5. The van der Waals surface area contributed by atoms with E-state index in [1.807, 2.05) is 49.4 Å². The third-order valence-electron chi connectivity index (χ3n) is 3.67. The van der Waals surface area contributed by atoms with Gasteiger partial charge in [-0.15, -0.1) is 0 Å². The fraction of sp³-hybridized carbons (Fsp3) is 0.235. The summed E-state index contributed by atoms with van der Waals surface area (Å²) in [7, 11) is 0. The molecule has 1 atom stereocenters. The minimum absolute atomic E-state index is 0.0469. The molecule has 106 valence electrons. The van der Waals surface area contributed by atoms with Crippen molar-refractivity contribution in [3.8, 4) is 11.4 Å². The second kappa shape index (κ2) is 5.48. The van der Waals surface area contributed by atoms with Crippen LogP contribution in [-0.4, -0.2) is 15.9 Å². The summed E-state index contributed by atoms with van der Waals surface area (Å²) in [6, 6.07) is 14.0. The highest BCUT2D eigenvalue weighted by Gasteiger charge is 2.22. The molecule has 4 nitrogen and oxygen atoms in total. The summed E-state index contributed by atoms with van der Waals surface area (Å²) in [5, 5.41) is 6.25. The minimum atomic E-state index is -0.318. The molecule has 2 aromatic carbocycles. The molecular formula is C17H16N2O2. The van der Waals surface area contributed by atoms with E-state index in [9.17, 15) is 4.79 Å². The number of fused-ring (bicyclic) bond motifs is 1. The first-order valence-corrected chi connectivity index (χ1v) is 7.03. The smallest absolute Gasteiger partial charge is 0.237 e. The van der Waals surface area contributed by atoms with Gasteiger partial charge in [0.1, 0.15) is 5.78 Å². The number of Topliss-reactive ketones (excluding diaryl/α,β-unsaturated/α-hetero) is 1. The number of carbonyl (C=O) groups excluding carboxylic acids is 1. The second-order valence-corrected chi connectivity index (χ2v) is 5.05. The fourth-order valence-corrected chi connectivity index (χ4v) is 2.54. The van der Waals surface area contributed by atoms with E-state index in [0.717, 1.165) is 16.3 Å². The molecule has 0 saturated carbocycles. The summed E-state index contributed by atoms with van der Waals surface area (Å²) in [5.41, 5.74) is 0.918. The van der Waals surface area contributed by atoms with Crippen LogP contribution in [-0.2, 0) is 4.79 Å². The van der Waals surface area contributed by atoms with Crippen molar-refractivity contribution >= 4 is 16.6 Å². The Bertz CT molecular complexity index is 787. The van der Waals surface area contributed by atoms with Gasteiger partial charge in [-0.2, -0.15) is 4.98 Å². The first-order chi connectivity index (χ1) is 10.2. The summed E-state index contributed by atoms with van der Waals surface area (Å²) < 4.78 is 5.30. The molecule has 1 aromatic heterocycles. The molecule has 0 saturated heterocycles. The van der Waals surface area contributed by atoms with Gasteiger partial charge in [0.05, 0.1) is 5.92 Å². The Labute approximate surface area is 122 Å². The van der Waals surface area contributed by atoms with Gasteiger partial charge in [0.15, 0.2) is 0 Å². The predicted octanol–water partition coefficient (Wildman–Crippen LogP) is 3.97. The molecule has 0 bridgehead atoms. The molecule has 0 aliphatic carbocycles. The van der Waals surface area contributed by atoms with Crippen LogP contribution >= 0.6 is 0 Å². The first-order valence-electron chi connectivity index (χ1n) is 7.03. The Morgan fingerprint density at radius 3 is 2.71 bits per heavy atom. The maximum absolute atomic E-state index is 11.6. The lowest BCUT2D eigenvalue weighted by Crippen LogP contribution is -2.07. The predicted molar refractivity (Wildman–Crippen MR) is 81.0 cm³/mol. The lowest BCUT2D eigenvalue weighted by molar-refractivity contribution is -0.119. The molecule has 3 aromatic rings. The van der Waals surface area contributed by atoms with Gasteiger partial charge in [0, 0.05) is 5.56 Å². The van der Waals surface area contributed by atoms with E-state index in [0.29, 0.717) is 18.1 Å². The van der Waals surface area contributed by atoms with Crippen molar-refractivity contribution in [1.29, 1.82) is 0 Å². The number of ketones is 1. The van der Waals surface area contributed by atoms with Crippen LogP contribution in [0.25, 0.3) is 22.2 Å². The van der Waals surface area contributed by atoms with E-state index < -0.39 is 0 Å². The molecule has 0 amide bonds. The lowest BCUT2D eigenvalue weighted by atomic mass is 10.0. The van der Waals surface area contributed by atoms with Crippen LogP contribution in [0, 0.1) is 0 Å². The average Bonchev–Trinajstić information content (AvgIpc) is 2.96. The van der Waals surface area contributed by atoms with E-state index in [-0.39, 0.29) is 11.7 Å². The highest BCUT2D eigenvalue weighted by atomic mass is 16.5. The topological polar surface area (TPSA) is 56.0 Å². The van der Waals surface area contributed by atoms with Crippen LogP contribution < -0.4 is 0 Å². The standard InChI is InChI=1S/C17H16N2O2/c1-3-13(11(2)20)17-18-16(19-21-17)15-10-6-8-12-7-4-5-9-14(12)15/h4-10,13H,3H2,1-2H3. The number of aromatic nitrogens is 2. The minimum Gasteiger partial charge on any atom is -0.338 e. The van der Waals surface area contributed by atoms with Crippen molar-refractivity contribution in [2.24, 2.45) is 0 Å². The molecule has 3 rings (SSSR count). The van der Waals surface area contributed by atoms with Crippen molar-refractivity contribution in [1.82, 2.24) is 10.1 Å². The van der Waals surface area contributed by atoms with Crippen molar-refractivity contribution < 1.29 is 9.32 Å². The van der Waals surface area contributed by atoms with Gasteiger partial charge < -0.3 is 4.52 Å². The van der Waals surface area contributed by atoms with Crippen LogP contribution in [0.2, 0.25) is 0 Å². The van der Waals surface area contributed by atoms with Gasteiger partial charge in [0.25, 0.3) is 0 Å². The van der Waals surface area contributed by atoms with Gasteiger partial charge in [-0.05, 0) is 24.1 Å². The zero-order valence-corrected chi connectivity index (χ0v) is 12.0. The van der Waals surface area contributed by atoms with E-state index in [2.05, 4.69) is 10.1 Å². The van der Waals surface area contributed by atoms with Crippen molar-refractivity contribution in [2.75, 3.05) is 0 Å². The molecule has 1 heterocycles. The summed E-state index contributed by atoms with van der Waals surface area (Å²) in [5.74, 6) is 0.654. The monoisotopic (exact) mass is 280 g/mol. The number of rotatable bonds is 4. The van der Waals surface area contributed by atoms with Crippen molar-refractivity contribution in [3.63, 3.8) is 0 Å². The molecule has 4 heteroatoms. The zero-order valence-electron chi connectivity index (χ0n) is 12.0. The van der Waals surface area contributed by atoms with E-state index >= 15 is 0 Å². The molecule has 0 radical (unpaired) electrons. The van der Waals surface area contributed by atoms with E-state index in [1.54, 1.807) is 6.92 Å². The van der Waals surface area contributed by atoms with Gasteiger partial charge >= 0.3 is 0 Å². The molecule has 0 spiro atoms. The maximum Gasteiger partial charge on any atom is 0.237 e. The highest BCUT2D eigenvalue weighted by Crippen LogP contribution is 2.28. The van der Waals surface area contributed by atoms with Crippen LogP contribution in [0.5, 0.6) is 0 Å². The van der Waals surface area contributed by atoms with E-state index in [1.165, 1.54) is 0 Å². The van der Waals surface area contributed by atoms with Crippen LogP contribution in [0.3, 0.4) is 0 Å². The molecule has 0 aliphatic heterocycles. The van der Waals surface area contributed by atoms with Gasteiger partial charge in [-0.25, -0.2) is 0 Å². The van der Waals surface area contributed by atoms with Gasteiger partial charge in [0.2, 0.25) is 11.7 Å². The summed E-state index contributed by atoms with van der Waals surface area (Å²) in [6.45, 7) is 3.49. The van der Waals surface area contributed by atoms with Gasteiger partial charge in [-0.3, -0.25) is 4.79 Å². The van der Waals surface area contributed by atoms with Crippen LogP contribution in [0.15, 0.2) is 47.0 Å². The number of hydrogen-bond acceptors (Lipinski definition) is 4. The third-order valence-corrected chi connectivity index (χ3v) is 3.67. The SMILES string of the molecule is CCC(C(C)=O)c1nc(-c2cccc3ccccc23)no1. The number of hydrogen-bond donors (Lipinski definition) is 0. The lowest BCUT2D eigenvalue weighted by Gasteiger charge is -2.04. The average molecular weight is 280 g/mol. The Morgan fingerprint density at radius 1 is 1.19 bits per heavy atom. The molecule has 1 unspecified atom stereocenters. The Balaban J connectivity index is 2.08. The molecule has 0 aliphatic rings. The largest absolute Gasteiger partial charge is 0.338 e. The highest BCUT2D eigenvalue weighted by molar-refractivity contribution is 5.95.